The van der Waals surface area contributed by atoms with Crippen LogP contribution in [0.25, 0.3) is 0 Å². The number of carboxylic acid groups (broad SMARTS) is 1. The summed E-state index contributed by atoms with van der Waals surface area (Å²) in [7, 11) is 0. The molecule has 130 valence electrons. The van der Waals surface area contributed by atoms with Crippen LogP contribution in [0.3, 0.4) is 0 Å². The Balaban J connectivity index is 1.32. The van der Waals surface area contributed by atoms with Gasteiger partial charge in [-0.15, -0.1) is 0 Å². The van der Waals surface area contributed by atoms with Gasteiger partial charge in [-0.05, 0) is 5.56 Å². The van der Waals surface area contributed by atoms with Crippen LogP contribution in [0.15, 0.2) is 30.3 Å². The van der Waals surface area contributed by atoms with Gasteiger partial charge in [0.15, 0.2) is 0 Å². The number of ether oxygens (including phenoxy) is 1. The predicted octanol–water partition coefficient (Wildman–Crippen LogP) is 1.55. The lowest BCUT2D eigenvalue weighted by Gasteiger charge is -2.42. The molecule has 0 spiro atoms. The number of amides is 2. The molecule has 2 saturated heterocycles. The third-order valence-electron chi connectivity index (χ3n) is 4.58. The molecule has 0 aromatic heterocycles. The van der Waals surface area contributed by atoms with Crippen molar-refractivity contribution in [3.05, 3.63) is 35.9 Å². The van der Waals surface area contributed by atoms with Gasteiger partial charge in [0.2, 0.25) is 0 Å². The lowest BCUT2D eigenvalue weighted by atomic mass is 10.00. The average Bonchev–Trinajstić information content (AvgIpc) is 2.57. The maximum Gasteiger partial charge on any atom is 0.410 e. The van der Waals surface area contributed by atoms with Gasteiger partial charge >= 0.3 is 12.2 Å². The Labute approximate surface area is 141 Å². The minimum Gasteiger partial charge on any atom is -0.465 e. The Hall–Kier alpha value is -2.28. The molecule has 1 N–H and O–H groups in total. The van der Waals surface area contributed by atoms with Gasteiger partial charge in [0.05, 0.1) is 0 Å². The molecule has 3 rings (SSSR count). The van der Waals surface area contributed by atoms with E-state index in [0.717, 1.165) is 25.2 Å². The van der Waals surface area contributed by atoms with E-state index in [1.165, 1.54) is 4.90 Å². The molecule has 0 bridgehead atoms. The van der Waals surface area contributed by atoms with E-state index in [-0.39, 0.29) is 6.09 Å². The van der Waals surface area contributed by atoms with Crippen molar-refractivity contribution in [3.63, 3.8) is 0 Å². The van der Waals surface area contributed by atoms with Crippen LogP contribution in [0.5, 0.6) is 0 Å². The van der Waals surface area contributed by atoms with Crippen molar-refractivity contribution in [3.8, 4) is 0 Å². The topological polar surface area (TPSA) is 73.3 Å². The molecule has 0 atom stereocenters. The number of piperazine rings is 1. The largest absolute Gasteiger partial charge is 0.465 e. The van der Waals surface area contributed by atoms with E-state index >= 15 is 0 Å². The summed E-state index contributed by atoms with van der Waals surface area (Å²) in [6, 6.07) is 9.65. The molecular formula is C17H23N3O4. The molecule has 2 aliphatic rings. The number of nitrogens with zero attached hydrogens (tertiary/aromatic N) is 3. The van der Waals surface area contributed by atoms with Crippen molar-refractivity contribution in [1.29, 1.82) is 0 Å². The van der Waals surface area contributed by atoms with Crippen molar-refractivity contribution in [2.45, 2.75) is 6.61 Å². The molecule has 0 unspecified atom stereocenters. The maximum atomic E-state index is 12.0. The molecule has 2 aliphatic heterocycles. The highest BCUT2D eigenvalue weighted by Gasteiger charge is 2.33. The molecule has 2 amide bonds. The number of carbonyl (C=O) groups excluding carboxylic acids is 1. The summed E-state index contributed by atoms with van der Waals surface area (Å²) < 4.78 is 5.31. The molecule has 7 nitrogen and oxygen atoms in total. The van der Waals surface area contributed by atoms with E-state index < -0.39 is 6.09 Å². The van der Waals surface area contributed by atoms with Crippen LogP contribution in [0.1, 0.15) is 5.56 Å². The Morgan fingerprint density at radius 3 is 2.33 bits per heavy atom. The van der Waals surface area contributed by atoms with Gasteiger partial charge in [-0.3, -0.25) is 4.90 Å². The molecular weight excluding hydrogens is 310 g/mol. The van der Waals surface area contributed by atoms with Crippen LogP contribution in [-0.4, -0.2) is 77.8 Å². The molecule has 2 fully saturated rings. The Morgan fingerprint density at radius 1 is 1.04 bits per heavy atom. The van der Waals surface area contributed by atoms with Gasteiger partial charge < -0.3 is 19.6 Å². The first-order chi connectivity index (χ1) is 11.6. The second kappa shape index (κ2) is 7.53. The third kappa shape index (κ3) is 4.17. The van der Waals surface area contributed by atoms with Crippen molar-refractivity contribution < 1.29 is 19.4 Å². The van der Waals surface area contributed by atoms with Gasteiger partial charge in [0.25, 0.3) is 0 Å². The molecule has 0 radical (unpaired) electrons. The van der Waals surface area contributed by atoms with Gasteiger partial charge in [-0.2, -0.15) is 0 Å². The second-order valence-corrected chi connectivity index (χ2v) is 6.38. The van der Waals surface area contributed by atoms with Crippen molar-refractivity contribution in [1.82, 2.24) is 14.7 Å². The van der Waals surface area contributed by atoms with E-state index in [2.05, 4.69) is 4.90 Å². The minimum absolute atomic E-state index is 0.259. The number of benzene rings is 1. The molecule has 0 saturated carbocycles. The quantitative estimate of drug-likeness (QED) is 0.905. The number of likely N-dealkylation sites (tertiary alicyclic amines) is 1. The summed E-state index contributed by atoms with van der Waals surface area (Å²) in [6.07, 6.45) is -1.10. The number of hydrogen-bond acceptors (Lipinski definition) is 4. The van der Waals surface area contributed by atoms with Crippen molar-refractivity contribution >= 4 is 12.2 Å². The van der Waals surface area contributed by atoms with Crippen LogP contribution >= 0.6 is 0 Å². The SMILES string of the molecule is O=C(O)N1CCN(CC2CN(C(=O)OCc3ccccc3)C2)CC1. The van der Waals surface area contributed by atoms with Gasteiger partial charge in [-0.1, -0.05) is 30.3 Å². The van der Waals surface area contributed by atoms with E-state index in [1.807, 2.05) is 30.3 Å². The third-order valence-corrected chi connectivity index (χ3v) is 4.58. The Kier molecular flexibility index (Phi) is 5.20. The standard InChI is InChI=1S/C17H23N3O4/c21-16(22)19-8-6-18(7-9-19)10-15-11-20(12-15)17(23)24-13-14-4-2-1-3-5-14/h1-5,15H,6-13H2,(H,21,22). The van der Waals surface area contributed by atoms with E-state index in [4.69, 9.17) is 9.84 Å². The molecule has 24 heavy (non-hydrogen) atoms. The van der Waals surface area contributed by atoms with Crippen LogP contribution in [0.2, 0.25) is 0 Å². The minimum atomic E-state index is -0.842. The maximum absolute atomic E-state index is 12.0. The summed E-state index contributed by atoms with van der Waals surface area (Å²) in [5.41, 5.74) is 0.985. The van der Waals surface area contributed by atoms with Gasteiger partial charge in [-0.25, -0.2) is 9.59 Å². The van der Waals surface area contributed by atoms with Crippen LogP contribution in [-0.2, 0) is 11.3 Å². The first-order valence-electron chi connectivity index (χ1n) is 8.27. The summed E-state index contributed by atoms with van der Waals surface area (Å²) in [4.78, 5) is 28.3. The van der Waals surface area contributed by atoms with E-state index in [0.29, 0.717) is 38.7 Å². The molecule has 0 aliphatic carbocycles. The van der Waals surface area contributed by atoms with Gasteiger partial charge in [0.1, 0.15) is 6.61 Å². The summed E-state index contributed by atoms with van der Waals surface area (Å²) in [5.74, 6) is 0.450. The highest BCUT2D eigenvalue weighted by molar-refractivity contribution is 5.68. The zero-order valence-corrected chi connectivity index (χ0v) is 13.6. The highest BCUT2D eigenvalue weighted by Crippen LogP contribution is 2.19. The first-order valence-corrected chi connectivity index (χ1v) is 8.27. The van der Waals surface area contributed by atoms with Crippen LogP contribution in [0, 0.1) is 5.92 Å². The summed E-state index contributed by atoms with van der Waals surface area (Å²) >= 11 is 0. The number of rotatable bonds is 4. The Morgan fingerprint density at radius 2 is 1.71 bits per heavy atom. The first kappa shape index (κ1) is 16.6. The lowest BCUT2D eigenvalue weighted by Crippen LogP contribution is -2.56. The van der Waals surface area contributed by atoms with Crippen LogP contribution < -0.4 is 0 Å². The zero-order valence-electron chi connectivity index (χ0n) is 13.6. The fourth-order valence-corrected chi connectivity index (χ4v) is 3.13. The zero-order chi connectivity index (χ0) is 16.9. The van der Waals surface area contributed by atoms with Crippen molar-refractivity contribution in [2.75, 3.05) is 45.8 Å². The molecule has 7 heteroatoms. The molecule has 1 aromatic carbocycles. The van der Waals surface area contributed by atoms with Crippen molar-refractivity contribution in [2.24, 2.45) is 5.92 Å². The number of carbonyl (C=O) groups is 2. The van der Waals surface area contributed by atoms with Gasteiger partial charge in [0, 0.05) is 51.7 Å². The molecule has 2 heterocycles. The predicted molar refractivity (Wildman–Crippen MR) is 87.7 cm³/mol. The monoisotopic (exact) mass is 333 g/mol. The van der Waals surface area contributed by atoms with E-state index in [9.17, 15) is 9.59 Å². The summed E-state index contributed by atoms with van der Waals surface area (Å²) in [6.45, 7) is 5.30. The van der Waals surface area contributed by atoms with Crippen LogP contribution in [0.4, 0.5) is 9.59 Å². The van der Waals surface area contributed by atoms with E-state index in [1.54, 1.807) is 4.90 Å². The fraction of sp³-hybridized carbons (Fsp3) is 0.529. The fourth-order valence-electron chi connectivity index (χ4n) is 3.13. The average molecular weight is 333 g/mol. The number of hydrogen-bond donors (Lipinski definition) is 1. The molecule has 1 aromatic rings. The lowest BCUT2D eigenvalue weighted by molar-refractivity contribution is 0.0289. The second-order valence-electron chi connectivity index (χ2n) is 6.38. The normalized spacial score (nSPS) is 19.0. The summed E-state index contributed by atoms with van der Waals surface area (Å²) in [5, 5.41) is 8.94. The smallest absolute Gasteiger partial charge is 0.410 e. The Bertz CT molecular complexity index is 566. The highest BCUT2D eigenvalue weighted by atomic mass is 16.6.